The Kier molecular flexibility index (Phi) is 4.59. The van der Waals surface area contributed by atoms with Crippen LogP contribution in [0.5, 0.6) is 0 Å². The Bertz CT molecular complexity index is 715. The molecule has 0 aliphatic rings. The molecule has 0 heterocycles. The molecule has 0 aromatic heterocycles. The average molecular weight is 304 g/mol. The number of amides is 1. The van der Waals surface area contributed by atoms with Gasteiger partial charge < -0.3 is 5.32 Å². The molecule has 0 aliphatic heterocycles. The minimum Gasteiger partial charge on any atom is -0.327 e. The van der Waals surface area contributed by atoms with Crippen LogP contribution in [0.3, 0.4) is 0 Å². The topological polar surface area (TPSA) is 66.5 Å². The van der Waals surface area contributed by atoms with Crippen LogP contribution in [-0.4, -0.2) is 21.4 Å². The molecular weight excluding hydrogens is 288 g/mol. The monoisotopic (exact) mass is 304 g/mol. The van der Waals surface area contributed by atoms with Crippen molar-refractivity contribution in [3.05, 3.63) is 54.6 Å². The van der Waals surface area contributed by atoms with Gasteiger partial charge in [-0.1, -0.05) is 30.3 Å². The molecule has 0 aliphatic carbocycles. The predicted octanol–water partition coefficient (Wildman–Crippen LogP) is 2.47. The van der Waals surface area contributed by atoms with E-state index in [4.69, 9.17) is 0 Å². The van der Waals surface area contributed by atoms with Crippen LogP contribution < -0.4 is 9.62 Å². The van der Waals surface area contributed by atoms with Crippen molar-refractivity contribution < 1.29 is 13.2 Å². The van der Waals surface area contributed by atoms with Crippen molar-refractivity contribution in [2.75, 3.05) is 16.2 Å². The molecule has 0 bridgehead atoms. The van der Waals surface area contributed by atoms with Crippen molar-refractivity contribution in [3.63, 3.8) is 0 Å². The Morgan fingerprint density at radius 2 is 1.67 bits per heavy atom. The number of hydrogen-bond acceptors (Lipinski definition) is 3. The maximum Gasteiger partial charge on any atom is 0.266 e. The molecule has 21 heavy (non-hydrogen) atoms. The summed E-state index contributed by atoms with van der Waals surface area (Å²) in [6.07, 6.45) is 0.465. The molecule has 2 aromatic rings. The highest BCUT2D eigenvalue weighted by molar-refractivity contribution is 7.93. The standard InChI is InChI=1S/C15H16N2O3S/c1-2-17(13-8-4-3-5-9-13)21(19,20)15-11-7-6-10-14(15)16-12-18/h3-12H,2H2,1H3,(H,16,18). The van der Waals surface area contributed by atoms with Crippen molar-refractivity contribution >= 4 is 27.8 Å². The number of nitrogens with zero attached hydrogens (tertiary/aromatic N) is 1. The molecular formula is C15H16N2O3S. The van der Waals surface area contributed by atoms with Gasteiger partial charge in [-0.25, -0.2) is 8.42 Å². The summed E-state index contributed by atoms with van der Waals surface area (Å²) in [5.41, 5.74) is 0.850. The second kappa shape index (κ2) is 6.41. The third-order valence-corrected chi connectivity index (χ3v) is 4.96. The minimum absolute atomic E-state index is 0.0720. The zero-order valence-electron chi connectivity index (χ0n) is 11.6. The lowest BCUT2D eigenvalue weighted by Crippen LogP contribution is -2.31. The summed E-state index contributed by atoms with van der Waals surface area (Å²) in [5.74, 6) is 0. The maximum absolute atomic E-state index is 12.8. The lowest BCUT2D eigenvalue weighted by Gasteiger charge is -2.24. The van der Waals surface area contributed by atoms with Crippen LogP contribution in [0, 0.1) is 0 Å². The van der Waals surface area contributed by atoms with Gasteiger partial charge in [0.1, 0.15) is 4.90 Å². The number of sulfonamides is 1. The Morgan fingerprint density at radius 1 is 1.05 bits per heavy atom. The highest BCUT2D eigenvalue weighted by Gasteiger charge is 2.25. The molecule has 0 saturated heterocycles. The van der Waals surface area contributed by atoms with Crippen LogP contribution in [0.2, 0.25) is 0 Å². The van der Waals surface area contributed by atoms with E-state index in [1.54, 1.807) is 49.4 Å². The van der Waals surface area contributed by atoms with Crippen LogP contribution in [0.4, 0.5) is 11.4 Å². The number of para-hydroxylation sites is 2. The fraction of sp³-hybridized carbons (Fsp3) is 0.133. The van der Waals surface area contributed by atoms with Crippen LogP contribution in [-0.2, 0) is 14.8 Å². The largest absolute Gasteiger partial charge is 0.327 e. The molecule has 1 amide bonds. The number of carbonyl (C=O) groups is 1. The first kappa shape index (κ1) is 15.1. The van der Waals surface area contributed by atoms with Crippen LogP contribution >= 0.6 is 0 Å². The first-order valence-corrected chi connectivity index (χ1v) is 7.92. The van der Waals surface area contributed by atoms with Crippen LogP contribution in [0.15, 0.2) is 59.5 Å². The second-order valence-corrected chi connectivity index (χ2v) is 6.09. The Labute approximate surface area is 124 Å². The summed E-state index contributed by atoms with van der Waals surface area (Å²) in [7, 11) is -3.75. The first-order valence-electron chi connectivity index (χ1n) is 6.48. The molecule has 6 heteroatoms. The molecule has 2 aromatic carbocycles. The van der Waals surface area contributed by atoms with Gasteiger partial charge in [-0.2, -0.15) is 0 Å². The van der Waals surface area contributed by atoms with E-state index >= 15 is 0 Å². The third-order valence-electron chi connectivity index (χ3n) is 3.00. The molecule has 0 atom stereocenters. The van der Waals surface area contributed by atoms with E-state index in [1.807, 2.05) is 6.07 Å². The first-order chi connectivity index (χ1) is 10.1. The van der Waals surface area contributed by atoms with Crippen molar-refractivity contribution in [3.8, 4) is 0 Å². The van der Waals surface area contributed by atoms with Crippen LogP contribution in [0.1, 0.15) is 6.92 Å². The fourth-order valence-electron chi connectivity index (χ4n) is 2.08. The molecule has 0 radical (unpaired) electrons. The van der Waals surface area contributed by atoms with Gasteiger partial charge in [0.05, 0.1) is 11.4 Å². The highest BCUT2D eigenvalue weighted by atomic mass is 32.2. The fourth-order valence-corrected chi connectivity index (χ4v) is 3.71. The van der Waals surface area contributed by atoms with Crippen molar-refractivity contribution in [2.45, 2.75) is 11.8 Å². The van der Waals surface area contributed by atoms with Gasteiger partial charge in [0.2, 0.25) is 6.41 Å². The van der Waals surface area contributed by atoms with Crippen molar-refractivity contribution in [2.24, 2.45) is 0 Å². The SMILES string of the molecule is CCN(c1ccccc1)S(=O)(=O)c1ccccc1NC=O. The van der Waals surface area contributed by atoms with E-state index in [2.05, 4.69) is 5.32 Å². The zero-order chi connectivity index (χ0) is 15.3. The van der Waals surface area contributed by atoms with Crippen molar-refractivity contribution in [1.82, 2.24) is 0 Å². The Hall–Kier alpha value is -2.34. The van der Waals surface area contributed by atoms with Gasteiger partial charge in [0.25, 0.3) is 10.0 Å². The normalized spacial score (nSPS) is 10.9. The third kappa shape index (κ3) is 3.05. The Morgan fingerprint density at radius 3 is 2.29 bits per heavy atom. The molecule has 0 spiro atoms. The van der Waals surface area contributed by atoms with E-state index in [0.717, 1.165) is 0 Å². The van der Waals surface area contributed by atoms with Gasteiger partial charge in [0, 0.05) is 6.54 Å². The highest BCUT2D eigenvalue weighted by Crippen LogP contribution is 2.27. The number of benzene rings is 2. The summed E-state index contributed by atoms with van der Waals surface area (Å²) in [5, 5.41) is 2.43. The molecule has 0 unspecified atom stereocenters. The number of nitrogens with one attached hydrogen (secondary N) is 1. The van der Waals surface area contributed by atoms with Gasteiger partial charge in [-0.15, -0.1) is 0 Å². The van der Waals surface area contributed by atoms with E-state index in [0.29, 0.717) is 18.6 Å². The number of rotatable bonds is 6. The molecule has 0 fully saturated rings. The minimum atomic E-state index is -3.75. The van der Waals surface area contributed by atoms with Gasteiger partial charge in [-0.05, 0) is 31.2 Å². The number of anilines is 2. The van der Waals surface area contributed by atoms with E-state index in [1.165, 1.54) is 10.4 Å². The van der Waals surface area contributed by atoms with Gasteiger partial charge in [0.15, 0.2) is 0 Å². The summed E-state index contributed by atoms with van der Waals surface area (Å²) >= 11 is 0. The zero-order valence-corrected chi connectivity index (χ0v) is 12.4. The van der Waals surface area contributed by atoms with E-state index < -0.39 is 10.0 Å². The number of carbonyl (C=O) groups excluding carboxylic acids is 1. The van der Waals surface area contributed by atoms with E-state index in [-0.39, 0.29) is 10.6 Å². The lowest BCUT2D eigenvalue weighted by molar-refractivity contribution is -0.105. The molecule has 2 rings (SSSR count). The number of hydrogen-bond donors (Lipinski definition) is 1. The van der Waals surface area contributed by atoms with Gasteiger partial charge >= 0.3 is 0 Å². The quantitative estimate of drug-likeness (QED) is 0.834. The summed E-state index contributed by atoms with van der Waals surface area (Å²) < 4.78 is 27.0. The van der Waals surface area contributed by atoms with Crippen LogP contribution in [0.25, 0.3) is 0 Å². The molecule has 5 nitrogen and oxygen atoms in total. The smallest absolute Gasteiger partial charge is 0.266 e. The second-order valence-electron chi connectivity index (χ2n) is 4.26. The van der Waals surface area contributed by atoms with E-state index in [9.17, 15) is 13.2 Å². The predicted molar refractivity (Wildman–Crippen MR) is 82.8 cm³/mol. The Balaban J connectivity index is 2.53. The lowest BCUT2D eigenvalue weighted by atomic mass is 10.3. The summed E-state index contributed by atoms with van der Waals surface area (Å²) in [6, 6.07) is 15.2. The summed E-state index contributed by atoms with van der Waals surface area (Å²) in [6.45, 7) is 2.06. The average Bonchev–Trinajstić information content (AvgIpc) is 2.49. The van der Waals surface area contributed by atoms with Crippen molar-refractivity contribution in [1.29, 1.82) is 0 Å². The molecule has 110 valence electrons. The summed E-state index contributed by atoms with van der Waals surface area (Å²) in [4.78, 5) is 10.7. The maximum atomic E-state index is 12.8. The van der Waals surface area contributed by atoms with Gasteiger partial charge in [-0.3, -0.25) is 9.10 Å². The molecule has 1 N–H and O–H groups in total. The molecule has 0 saturated carbocycles.